The lowest BCUT2D eigenvalue weighted by Crippen LogP contribution is -2.33. The molecule has 0 unspecified atom stereocenters. The van der Waals surface area contributed by atoms with Crippen LogP contribution in [0.2, 0.25) is 0 Å². The van der Waals surface area contributed by atoms with Crippen LogP contribution in [0.3, 0.4) is 0 Å². The van der Waals surface area contributed by atoms with Crippen LogP contribution in [0.15, 0.2) is 29.3 Å². The average Bonchev–Trinajstić information content (AvgIpc) is 2.60. The van der Waals surface area contributed by atoms with Crippen LogP contribution in [0, 0.1) is 5.92 Å². The molecule has 142 valence electrons. The molecule has 0 saturated carbocycles. The van der Waals surface area contributed by atoms with E-state index in [1.165, 1.54) is 0 Å². The molecule has 25 heavy (non-hydrogen) atoms. The zero-order valence-electron chi connectivity index (χ0n) is 16.0. The summed E-state index contributed by atoms with van der Waals surface area (Å²) in [7, 11) is 3.44. The number of hydrogen-bond donors (Lipinski definition) is 2. The van der Waals surface area contributed by atoms with Gasteiger partial charge in [0.05, 0.1) is 13.2 Å². The molecule has 0 aliphatic carbocycles. The average molecular weight is 351 g/mol. The van der Waals surface area contributed by atoms with Gasteiger partial charge >= 0.3 is 0 Å². The summed E-state index contributed by atoms with van der Waals surface area (Å²) in [6.45, 7) is 7.91. The SMILES string of the molecule is CN=C(NCCOCCC(C)C)Nc1cccc(OCCCOC)c1. The van der Waals surface area contributed by atoms with Crippen LogP contribution in [0.5, 0.6) is 5.75 Å². The molecule has 0 amide bonds. The number of aliphatic imine (C=N–C) groups is 1. The monoisotopic (exact) mass is 351 g/mol. The first-order chi connectivity index (χ1) is 12.2. The van der Waals surface area contributed by atoms with Crippen LogP contribution in [0.4, 0.5) is 5.69 Å². The van der Waals surface area contributed by atoms with Gasteiger partial charge in [-0.2, -0.15) is 0 Å². The smallest absolute Gasteiger partial charge is 0.195 e. The number of nitrogens with one attached hydrogen (secondary N) is 2. The fourth-order valence-electron chi connectivity index (χ4n) is 2.04. The van der Waals surface area contributed by atoms with Crippen LogP contribution >= 0.6 is 0 Å². The molecule has 0 heterocycles. The van der Waals surface area contributed by atoms with Gasteiger partial charge in [-0.3, -0.25) is 4.99 Å². The molecule has 0 aliphatic rings. The third kappa shape index (κ3) is 10.6. The molecule has 0 fully saturated rings. The van der Waals surface area contributed by atoms with E-state index in [2.05, 4.69) is 29.5 Å². The molecule has 1 aromatic rings. The van der Waals surface area contributed by atoms with Gasteiger partial charge in [-0.05, 0) is 24.5 Å². The third-order valence-electron chi connectivity index (χ3n) is 3.46. The first-order valence-corrected chi connectivity index (χ1v) is 8.93. The van der Waals surface area contributed by atoms with Gasteiger partial charge in [0.1, 0.15) is 5.75 Å². The summed E-state index contributed by atoms with van der Waals surface area (Å²) in [4.78, 5) is 4.23. The topological polar surface area (TPSA) is 64.1 Å². The summed E-state index contributed by atoms with van der Waals surface area (Å²) in [6.07, 6.45) is 1.96. The number of guanidine groups is 1. The molecule has 0 bridgehead atoms. The molecular formula is C19H33N3O3. The predicted molar refractivity (Wildman–Crippen MR) is 104 cm³/mol. The van der Waals surface area contributed by atoms with E-state index in [1.807, 2.05) is 24.3 Å². The van der Waals surface area contributed by atoms with Crippen LogP contribution < -0.4 is 15.4 Å². The van der Waals surface area contributed by atoms with Crippen molar-refractivity contribution in [3.05, 3.63) is 24.3 Å². The molecule has 0 radical (unpaired) electrons. The van der Waals surface area contributed by atoms with Crippen molar-refractivity contribution in [3.8, 4) is 5.75 Å². The minimum absolute atomic E-state index is 0.637. The molecule has 0 aliphatic heterocycles. The Morgan fingerprint density at radius 3 is 2.72 bits per heavy atom. The molecule has 0 aromatic heterocycles. The van der Waals surface area contributed by atoms with E-state index in [0.29, 0.717) is 38.2 Å². The molecule has 0 spiro atoms. The van der Waals surface area contributed by atoms with Crippen molar-refractivity contribution >= 4 is 11.6 Å². The number of hydrogen-bond acceptors (Lipinski definition) is 4. The van der Waals surface area contributed by atoms with Gasteiger partial charge in [-0.15, -0.1) is 0 Å². The zero-order valence-corrected chi connectivity index (χ0v) is 16.0. The second-order valence-electron chi connectivity index (χ2n) is 6.14. The molecule has 6 heteroatoms. The van der Waals surface area contributed by atoms with E-state index in [9.17, 15) is 0 Å². The fourth-order valence-corrected chi connectivity index (χ4v) is 2.04. The van der Waals surface area contributed by atoms with E-state index in [0.717, 1.165) is 30.9 Å². The zero-order chi connectivity index (χ0) is 18.3. The van der Waals surface area contributed by atoms with Crippen molar-refractivity contribution in [2.75, 3.05) is 52.4 Å². The maximum absolute atomic E-state index is 5.71. The van der Waals surface area contributed by atoms with Crippen molar-refractivity contribution < 1.29 is 14.2 Å². The number of rotatable bonds is 12. The Bertz CT molecular complexity index is 493. The highest BCUT2D eigenvalue weighted by molar-refractivity contribution is 5.93. The maximum atomic E-state index is 5.71. The molecule has 0 atom stereocenters. The minimum atomic E-state index is 0.637. The molecule has 1 rings (SSSR count). The van der Waals surface area contributed by atoms with Crippen molar-refractivity contribution in [3.63, 3.8) is 0 Å². The van der Waals surface area contributed by atoms with Crippen molar-refractivity contribution in [1.29, 1.82) is 0 Å². The highest BCUT2D eigenvalue weighted by Crippen LogP contribution is 2.17. The van der Waals surface area contributed by atoms with E-state index >= 15 is 0 Å². The highest BCUT2D eigenvalue weighted by Gasteiger charge is 2.01. The van der Waals surface area contributed by atoms with Gasteiger partial charge in [0.2, 0.25) is 0 Å². The Morgan fingerprint density at radius 2 is 2.00 bits per heavy atom. The molecular weight excluding hydrogens is 318 g/mol. The van der Waals surface area contributed by atoms with Gasteiger partial charge in [0.25, 0.3) is 0 Å². The lowest BCUT2D eigenvalue weighted by molar-refractivity contribution is 0.128. The summed E-state index contributed by atoms with van der Waals surface area (Å²) < 4.78 is 16.3. The molecule has 2 N–H and O–H groups in total. The van der Waals surface area contributed by atoms with Gasteiger partial charge in [0.15, 0.2) is 5.96 Å². The highest BCUT2D eigenvalue weighted by atomic mass is 16.5. The molecule has 6 nitrogen and oxygen atoms in total. The number of anilines is 1. The van der Waals surface area contributed by atoms with Crippen molar-refractivity contribution in [2.24, 2.45) is 10.9 Å². The third-order valence-corrected chi connectivity index (χ3v) is 3.46. The fraction of sp³-hybridized carbons (Fsp3) is 0.632. The van der Waals surface area contributed by atoms with E-state index in [1.54, 1.807) is 14.2 Å². The first-order valence-electron chi connectivity index (χ1n) is 8.93. The standard InChI is InChI=1S/C19H33N3O3/c1-16(2)9-13-24-14-10-21-19(20-3)22-17-7-5-8-18(15-17)25-12-6-11-23-4/h5,7-8,15-16H,6,9-14H2,1-4H3,(H2,20,21,22). The van der Waals surface area contributed by atoms with Crippen molar-refractivity contribution in [1.82, 2.24) is 5.32 Å². The van der Waals surface area contributed by atoms with Crippen LogP contribution in [-0.4, -0.2) is 53.1 Å². The van der Waals surface area contributed by atoms with Crippen LogP contribution in [0.1, 0.15) is 26.7 Å². The van der Waals surface area contributed by atoms with Crippen molar-refractivity contribution in [2.45, 2.75) is 26.7 Å². The normalized spacial score (nSPS) is 11.6. The second-order valence-corrected chi connectivity index (χ2v) is 6.14. The summed E-state index contributed by atoms with van der Waals surface area (Å²) >= 11 is 0. The number of methoxy groups -OCH3 is 1. The number of benzene rings is 1. The summed E-state index contributed by atoms with van der Waals surface area (Å²) in [5.74, 6) is 2.21. The van der Waals surface area contributed by atoms with Gasteiger partial charge in [-0.1, -0.05) is 19.9 Å². The largest absolute Gasteiger partial charge is 0.493 e. The van der Waals surface area contributed by atoms with Crippen LogP contribution in [0.25, 0.3) is 0 Å². The Hall–Kier alpha value is -1.79. The first kappa shape index (κ1) is 21.3. The maximum Gasteiger partial charge on any atom is 0.195 e. The van der Waals surface area contributed by atoms with Gasteiger partial charge in [0, 0.05) is 52.1 Å². The minimum Gasteiger partial charge on any atom is -0.493 e. The van der Waals surface area contributed by atoms with Crippen LogP contribution in [-0.2, 0) is 9.47 Å². The lowest BCUT2D eigenvalue weighted by Gasteiger charge is -2.13. The number of ether oxygens (including phenoxy) is 3. The quantitative estimate of drug-likeness (QED) is 0.344. The summed E-state index contributed by atoms with van der Waals surface area (Å²) in [6, 6.07) is 7.83. The Labute approximate surface area is 152 Å². The van der Waals surface area contributed by atoms with Gasteiger partial charge < -0.3 is 24.8 Å². The van der Waals surface area contributed by atoms with E-state index in [-0.39, 0.29) is 0 Å². The summed E-state index contributed by atoms with van der Waals surface area (Å²) in [5, 5.41) is 6.50. The summed E-state index contributed by atoms with van der Waals surface area (Å²) in [5.41, 5.74) is 0.929. The Morgan fingerprint density at radius 1 is 1.16 bits per heavy atom. The van der Waals surface area contributed by atoms with E-state index < -0.39 is 0 Å². The second kappa shape index (κ2) is 13.5. The Kier molecular flexibility index (Phi) is 11.5. The Balaban J connectivity index is 2.32. The number of nitrogens with zero attached hydrogens (tertiary/aromatic N) is 1. The lowest BCUT2D eigenvalue weighted by atomic mass is 10.1. The van der Waals surface area contributed by atoms with Gasteiger partial charge in [-0.25, -0.2) is 0 Å². The molecule has 0 saturated heterocycles. The van der Waals surface area contributed by atoms with E-state index in [4.69, 9.17) is 14.2 Å². The predicted octanol–water partition coefficient (Wildman–Crippen LogP) is 3.15. The molecule has 1 aromatic carbocycles.